The molecule has 0 fully saturated rings. The topological polar surface area (TPSA) is 75.1 Å². The molecule has 0 bridgehead atoms. The van der Waals surface area contributed by atoms with Crippen LogP contribution in [0.5, 0.6) is 0 Å². The van der Waals surface area contributed by atoms with E-state index in [2.05, 4.69) is 15.3 Å². The SMILES string of the molecule is Cc1nccc(CNc2ccc(C(=O)O)c(F)c2)n1. The van der Waals surface area contributed by atoms with Gasteiger partial charge in [0.2, 0.25) is 0 Å². The molecule has 19 heavy (non-hydrogen) atoms. The van der Waals surface area contributed by atoms with Gasteiger partial charge < -0.3 is 10.4 Å². The van der Waals surface area contributed by atoms with Crippen LogP contribution in [-0.4, -0.2) is 21.0 Å². The Morgan fingerprint density at radius 3 is 2.84 bits per heavy atom. The Labute approximate surface area is 109 Å². The Kier molecular flexibility index (Phi) is 3.70. The molecule has 0 amide bonds. The highest BCUT2D eigenvalue weighted by molar-refractivity contribution is 5.88. The fourth-order valence-electron chi connectivity index (χ4n) is 1.59. The highest BCUT2D eigenvalue weighted by Crippen LogP contribution is 2.15. The molecule has 0 spiro atoms. The molecule has 2 rings (SSSR count). The van der Waals surface area contributed by atoms with Gasteiger partial charge in [-0.3, -0.25) is 0 Å². The van der Waals surface area contributed by atoms with Crippen LogP contribution in [-0.2, 0) is 6.54 Å². The first-order valence-corrected chi connectivity index (χ1v) is 5.61. The third kappa shape index (κ3) is 3.25. The second-order valence-electron chi connectivity index (χ2n) is 3.95. The van der Waals surface area contributed by atoms with E-state index in [0.717, 1.165) is 11.8 Å². The number of aryl methyl sites for hydroxylation is 1. The maximum Gasteiger partial charge on any atom is 0.338 e. The molecular formula is C13H12FN3O2. The van der Waals surface area contributed by atoms with Crippen LogP contribution in [0.3, 0.4) is 0 Å². The number of rotatable bonds is 4. The minimum atomic E-state index is -1.28. The van der Waals surface area contributed by atoms with Crippen molar-refractivity contribution in [1.29, 1.82) is 0 Å². The molecular weight excluding hydrogens is 249 g/mol. The molecule has 0 aliphatic carbocycles. The van der Waals surface area contributed by atoms with Crippen LogP contribution >= 0.6 is 0 Å². The molecule has 0 radical (unpaired) electrons. The van der Waals surface area contributed by atoms with Crippen molar-refractivity contribution in [2.24, 2.45) is 0 Å². The summed E-state index contributed by atoms with van der Waals surface area (Å²) in [4.78, 5) is 18.8. The van der Waals surface area contributed by atoms with Gasteiger partial charge in [-0.05, 0) is 31.2 Å². The molecule has 98 valence electrons. The van der Waals surface area contributed by atoms with Gasteiger partial charge in [0.1, 0.15) is 11.6 Å². The summed E-state index contributed by atoms with van der Waals surface area (Å²) < 4.78 is 13.4. The summed E-state index contributed by atoms with van der Waals surface area (Å²) in [7, 11) is 0. The number of hydrogen-bond donors (Lipinski definition) is 2. The van der Waals surface area contributed by atoms with Crippen LogP contribution in [0, 0.1) is 12.7 Å². The molecule has 6 heteroatoms. The summed E-state index contributed by atoms with van der Waals surface area (Å²) >= 11 is 0. The van der Waals surface area contributed by atoms with Crippen molar-refractivity contribution in [1.82, 2.24) is 9.97 Å². The largest absolute Gasteiger partial charge is 0.478 e. The fourth-order valence-corrected chi connectivity index (χ4v) is 1.59. The van der Waals surface area contributed by atoms with Gasteiger partial charge in [-0.15, -0.1) is 0 Å². The molecule has 0 aliphatic rings. The number of halogens is 1. The number of hydrogen-bond acceptors (Lipinski definition) is 4. The average Bonchev–Trinajstić information content (AvgIpc) is 2.36. The normalized spacial score (nSPS) is 10.2. The molecule has 2 aromatic rings. The van der Waals surface area contributed by atoms with E-state index in [9.17, 15) is 9.18 Å². The molecule has 2 N–H and O–H groups in total. The first kappa shape index (κ1) is 12.9. The highest BCUT2D eigenvalue weighted by Gasteiger charge is 2.10. The molecule has 0 unspecified atom stereocenters. The van der Waals surface area contributed by atoms with Crippen LogP contribution in [0.2, 0.25) is 0 Å². The van der Waals surface area contributed by atoms with Gasteiger partial charge in [-0.1, -0.05) is 0 Å². The fraction of sp³-hybridized carbons (Fsp3) is 0.154. The van der Waals surface area contributed by atoms with E-state index in [1.54, 1.807) is 19.2 Å². The molecule has 0 saturated heterocycles. The zero-order chi connectivity index (χ0) is 13.8. The van der Waals surface area contributed by atoms with Crippen molar-refractivity contribution in [3.63, 3.8) is 0 Å². The maximum absolute atomic E-state index is 13.4. The molecule has 1 heterocycles. The van der Waals surface area contributed by atoms with E-state index in [1.165, 1.54) is 12.1 Å². The predicted octanol–water partition coefficient (Wildman–Crippen LogP) is 2.23. The lowest BCUT2D eigenvalue weighted by Crippen LogP contribution is -2.05. The Morgan fingerprint density at radius 1 is 1.42 bits per heavy atom. The van der Waals surface area contributed by atoms with E-state index < -0.39 is 11.8 Å². The lowest BCUT2D eigenvalue weighted by Gasteiger charge is -2.07. The van der Waals surface area contributed by atoms with Crippen molar-refractivity contribution in [2.45, 2.75) is 13.5 Å². The van der Waals surface area contributed by atoms with E-state index in [1.807, 2.05) is 0 Å². The van der Waals surface area contributed by atoms with Gasteiger partial charge in [0, 0.05) is 11.9 Å². The molecule has 5 nitrogen and oxygen atoms in total. The zero-order valence-electron chi connectivity index (χ0n) is 10.2. The summed E-state index contributed by atoms with van der Waals surface area (Å²) in [5.41, 5.74) is 0.928. The van der Waals surface area contributed by atoms with Gasteiger partial charge in [0.25, 0.3) is 0 Å². The van der Waals surface area contributed by atoms with Crippen molar-refractivity contribution in [3.8, 4) is 0 Å². The number of aromatic nitrogens is 2. The van der Waals surface area contributed by atoms with Crippen molar-refractivity contribution >= 4 is 11.7 Å². The number of carboxylic acid groups (broad SMARTS) is 1. The lowest BCUT2D eigenvalue weighted by atomic mass is 10.2. The number of carbonyl (C=O) groups is 1. The minimum absolute atomic E-state index is 0.344. The predicted molar refractivity (Wildman–Crippen MR) is 67.5 cm³/mol. The monoisotopic (exact) mass is 261 g/mol. The van der Waals surface area contributed by atoms with Gasteiger partial charge >= 0.3 is 5.97 Å². The Hall–Kier alpha value is -2.50. The maximum atomic E-state index is 13.4. The van der Waals surface area contributed by atoms with Gasteiger partial charge in [0.15, 0.2) is 0 Å². The van der Waals surface area contributed by atoms with Crippen LogP contribution in [0.25, 0.3) is 0 Å². The zero-order valence-corrected chi connectivity index (χ0v) is 10.2. The smallest absolute Gasteiger partial charge is 0.338 e. The number of benzene rings is 1. The van der Waals surface area contributed by atoms with Gasteiger partial charge in [0.05, 0.1) is 17.8 Å². The Balaban J connectivity index is 2.08. The summed E-state index contributed by atoms with van der Waals surface area (Å²) in [6.07, 6.45) is 1.65. The molecule has 0 atom stereocenters. The van der Waals surface area contributed by atoms with Gasteiger partial charge in [-0.2, -0.15) is 0 Å². The van der Waals surface area contributed by atoms with Gasteiger partial charge in [-0.25, -0.2) is 19.2 Å². The summed E-state index contributed by atoms with van der Waals surface area (Å²) in [5.74, 6) is -1.39. The molecule has 1 aromatic heterocycles. The third-order valence-electron chi connectivity index (χ3n) is 2.51. The number of aromatic carboxylic acids is 1. The summed E-state index contributed by atoms with van der Waals surface area (Å²) in [6.45, 7) is 2.19. The summed E-state index contributed by atoms with van der Waals surface area (Å²) in [6, 6.07) is 5.64. The Morgan fingerprint density at radius 2 is 2.21 bits per heavy atom. The minimum Gasteiger partial charge on any atom is -0.478 e. The number of anilines is 1. The molecule has 1 aromatic carbocycles. The number of nitrogens with zero attached hydrogens (tertiary/aromatic N) is 2. The molecule has 0 saturated carbocycles. The summed E-state index contributed by atoms with van der Waals surface area (Å²) in [5, 5.41) is 11.7. The standard InChI is InChI=1S/C13H12FN3O2/c1-8-15-5-4-10(17-8)7-16-9-2-3-11(13(18)19)12(14)6-9/h2-6,16H,7H2,1H3,(H,18,19). The van der Waals surface area contributed by atoms with Crippen LogP contribution < -0.4 is 5.32 Å². The van der Waals surface area contributed by atoms with Crippen LogP contribution in [0.1, 0.15) is 21.9 Å². The van der Waals surface area contributed by atoms with E-state index >= 15 is 0 Å². The van der Waals surface area contributed by atoms with Crippen molar-refractivity contribution < 1.29 is 14.3 Å². The first-order valence-electron chi connectivity index (χ1n) is 5.61. The quantitative estimate of drug-likeness (QED) is 0.882. The Bertz CT molecular complexity index is 617. The first-order chi connectivity index (χ1) is 9.06. The highest BCUT2D eigenvalue weighted by atomic mass is 19.1. The van der Waals surface area contributed by atoms with E-state index in [-0.39, 0.29) is 5.56 Å². The van der Waals surface area contributed by atoms with Crippen molar-refractivity contribution in [3.05, 3.63) is 53.4 Å². The van der Waals surface area contributed by atoms with Crippen LogP contribution in [0.15, 0.2) is 30.5 Å². The number of nitrogens with one attached hydrogen (secondary N) is 1. The lowest BCUT2D eigenvalue weighted by molar-refractivity contribution is 0.0692. The van der Waals surface area contributed by atoms with Crippen LogP contribution in [0.4, 0.5) is 10.1 Å². The number of carboxylic acids is 1. The van der Waals surface area contributed by atoms with E-state index in [0.29, 0.717) is 18.1 Å². The molecule has 0 aliphatic heterocycles. The average molecular weight is 261 g/mol. The van der Waals surface area contributed by atoms with E-state index in [4.69, 9.17) is 5.11 Å². The van der Waals surface area contributed by atoms with Crippen molar-refractivity contribution in [2.75, 3.05) is 5.32 Å². The second-order valence-corrected chi connectivity index (χ2v) is 3.95. The second kappa shape index (κ2) is 5.43. The third-order valence-corrected chi connectivity index (χ3v) is 2.51.